The van der Waals surface area contributed by atoms with E-state index in [0.29, 0.717) is 41.8 Å². The maximum atomic E-state index is 14.0. The van der Waals surface area contributed by atoms with Gasteiger partial charge in [-0.3, -0.25) is 14.4 Å². The number of nitrogens with zero attached hydrogens (tertiary/aromatic N) is 1. The number of carbonyl (C=O) groups is 3. The molecule has 43 heavy (non-hydrogen) atoms. The number of aliphatic carboxylic acids is 1. The van der Waals surface area contributed by atoms with E-state index in [1.807, 2.05) is 38.1 Å². The fourth-order valence-electron chi connectivity index (χ4n) is 4.83. The second-order valence-electron chi connectivity index (χ2n) is 10.1. The van der Waals surface area contributed by atoms with Gasteiger partial charge in [0.15, 0.2) is 0 Å². The molecule has 0 aliphatic carbocycles. The summed E-state index contributed by atoms with van der Waals surface area (Å²) in [6.07, 6.45) is 0.331. The van der Waals surface area contributed by atoms with Gasteiger partial charge in [0.25, 0.3) is 11.8 Å². The van der Waals surface area contributed by atoms with Gasteiger partial charge in [-0.1, -0.05) is 60.7 Å². The number of carboxylic acids is 1. The number of rotatable bonds is 13. The zero-order valence-corrected chi connectivity index (χ0v) is 24.3. The molecule has 1 unspecified atom stereocenters. The molecule has 0 aliphatic heterocycles. The molecule has 1 atom stereocenters. The summed E-state index contributed by atoms with van der Waals surface area (Å²) >= 11 is 0. The first-order valence-corrected chi connectivity index (χ1v) is 14.2. The third-order valence-electron chi connectivity index (χ3n) is 7.12. The quantitative estimate of drug-likeness (QED) is 0.187. The highest BCUT2D eigenvalue weighted by Gasteiger charge is 2.23. The lowest BCUT2D eigenvalue weighted by Crippen LogP contribution is -2.35. The topological polar surface area (TPSA) is 95.9 Å². The van der Waals surface area contributed by atoms with E-state index in [-0.39, 0.29) is 36.6 Å². The second kappa shape index (κ2) is 14.8. The molecular weight excluding hydrogens is 547 g/mol. The first-order chi connectivity index (χ1) is 20.8. The summed E-state index contributed by atoms with van der Waals surface area (Å²) in [4.78, 5) is 40.4. The van der Waals surface area contributed by atoms with Gasteiger partial charge in [-0.25, -0.2) is 4.39 Å². The first-order valence-electron chi connectivity index (χ1n) is 14.2. The molecule has 4 rings (SSSR count). The lowest BCUT2D eigenvalue weighted by atomic mass is 9.94. The van der Waals surface area contributed by atoms with E-state index in [1.165, 1.54) is 12.1 Å². The number of ether oxygens (including phenoxy) is 1. The van der Waals surface area contributed by atoms with Crippen molar-refractivity contribution in [1.29, 1.82) is 0 Å². The van der Waals surface area contributed by atoms with Crippen molar-refractivity contribution >= 4 is 17.8 Å². The molecule has 2 amide bonds. The minimum Gasteiger partial charge on any atom is -0.494 e. The number of carbonyl (C=O) groups excluding carboxylic acids is 2. The number of halogens is 1. The second-order valence-corrected chi connectivity index (χ2v) is 10.1. The van der Waals surface area contributed by atoms with Gasteiger partial charge in [-0.05, 0) is 78.9 Å². The Balaban J connectivity index is 1.59. The van der Waals surface area contributed by atoms with Crippen LogP contribution in [0.25, 0.3) is 11.1 Å². The molecule has 0 saturated heterocycles. The largest absolute Gasteiger partial charge is 0.494 e. The standard InChI is InChI=1S/C35H35FN2O5/c1-3-43-28-18-12-25(13-19-28)20-22-38(23-21-33(39)40)35(42)32-11-7-5-9-30(32)29-8-4-6-10-31(29)34(41)37-24(2)26-14-16-27(36)17-15-26/h4-19,24H,3,20-23H2,1-2H3,(H,37,41)(H,39,40). The third-order valence-corrected chi connectivity index (χ3v) is 7.12. The minimum atomic E-state index is -0.996. The fourth-order valence-corrected chi connectivity index (χ4v) is 4.83. The maximum Gasteiger partial charge on any atom is 0.305 e. The van der Waals surface area contributed by atoms with Crippen molar-refractivity contribution in [2.24, 2.45) is 0 Å². The van der Waals surface area contributed by atoms with Crippen LogP contribution in [-0.4, -0.2) is 47.5 Å². The van der Waals surface area contributed by atoms with E-state index >= 15 is 0 Å². The molecule has 222 valence electrons. The predicted octanol–water partition coefficient (Wildman–Crippen LogP) is 6.54. The molecule has 0 aliphatic rings. The molecule has 0 bridgehead atoms. The van der Waals surface area contributed by atoms with Crippen LogP contribution in [-0.2, 0) is 11.2 Å². The first kappa shape index (κ1) is 31.0. The van der Waals surface area contributed by atoms with Crippen LogP contribution >= 0.6 is 0 Å². The zero-order chi connectivity index (χ0) is 30.8. The summed E-state index contributed by atoms with van der Waals surface area (Å²) in [7, 11) is 0. The van der Waals surface area contributed by atoms with Gasteiger partial charge in [0.05, 0.1) is 19.1 Å². The lowest BCUT2D eigenvalue weighted by Gasteiger charge is -2.24. The van der Waals surface area contributed by atoms with Gasteiger partial charge in [0, 0.05) is 24.2 Å². The molecule has 0 fully saturated rings. The Kier molecular flexibility index (Phi) is 10.6. The predicted molar refractivity (Wildman–Crippen MR) is 164 cm³/mol. The smallest absolute Gasteiger partial charge is 0.305 e. The van der Waals surface area contributed by atoms with Crippen molar-refractivity contribution in [2.45, 2.75) is 32.7 Å². The lowest BCUT2D eigenvalue weighted by molar-refractivity contribution is -0.137. The van der Waals surface area contributed by atoms with E-state index in [4.69, 9.17) is 4.74 Å². The zero-order valence-electron chi connectivity index (χ0n) is 24.3. The molecule has 0 heterocycles. The summed E-state index contributed by atoms with van der Waals surface area (Å²) in [5.41, 5.74) is 3.62. The van der Waals surface area contributed by atoms with Gasteiger partial charge in [0.2, 0.25) is 0 Å². The van der Waals surface area contributed by atoms with Gasteiger partial charge in [-0.15, -0.1) is 0 Å². The highest BCUT2D eigenvalue weighted by atomic mass is 19.1. The highest BCUT2D eigenvalue weighted by Crippen LogP contribution is 2.29. The van der Waals surface area contributed by atoms with Crippen molar-refractivity contribution in [3.63, 3.8) is 0 Å². The van der Waals surface area contributed by atoms with Crippen LogP contribution in [0.3, 0.4) is 0 Å². The summed E-state index contributed by atoms with van der Waals surface area (Å²) in [6.45, 7) is 4.64. The molecule has 0 radical (unpaired) electrons. The molecule has 4 aromatic rings. The molecule has 7 nitrogen and oxygen atoms in total. The maximum absolute atomic E-state index is 14.0. The molecule has 4 aromatic carbocycles. The van der Waals surface area contributed by atoms with E-state index in [2.05, 4.69) is 5.32 Å². The monoisotopic (exact) mass is 582 g/mol. The SMILES string of the molecule is CCOc1ccc(CCN(CCC(=O)O)C(=O)c2ccccc2-c2ccccc2C(=O)NC(C)c2ccc(F)cc2)cc1. The Morgan fingerprint density at radius 2 is 1.44 bits per heavy atom. The van der Waals surface area contributed by atoms with Crippen LogP contribution in [0.4, 0.5) is 4.39 Å². The van der Waals surface area contributed by atoms with Crippen molar-refractivity contribution in [3.8, 4) is 16.9 Å². The van der Waals surface area contributed by atoms with Crippen molar-refractivity contribution in [2.75, 3.05) is 19.7 Å². The number of carboxylic acid groups (broad SMARTS) is 1. The van der Waals surface area contributed by atoms with E-state index in [9.17, 15) is 23.9 Å². The number of hydrogen-bond acceptors (Lipinski definition) is 4. The number of benzene rings is 4. The van der Waals surface area contributed by atoms with Crippen molar-refractivity contribution in [3.05, 3.63) is 125 Å². The Morgan fingerprint density at radius 1 is 0.837 bits per heavy atom. The van der Waals surface area contributed by atoms with E-state index in [0.717, 1.165) is 16.9 Å². The molecule has 0 aromatic heterocycles. The van der Waals surface area contributed by atoms with Crippen LogP contribution in [0, 0.1) is 5.82 Å². The average molecular weight is 583 g/mol. The van der Waals surface area contributed by atoms with Crippen molar-refractivity contribution in [1.82, 2.24) is 10.2 Å². The fraction of sp³-hybridized carbons (Fsp3) is 0.229. The van der Waals surface area contributed by atoms with Crippen molar-refractivity contribution < 1.29 is 28.6 Å². The van der Waals surface area contributed by atoms with Crippen LogP contribution in [0.1, 0.15) is 58.2 Å². The summed E-state index contributed by atoms with van der Waals surface area (Å²) < 4.78 is 18.9. The summed E-state index contributed by atoms with van der Waals surface area (Å²) in [5, 5.41) is 12.3. The van der Waals surface area contributed by atoms with E-state index < -0.39 is 5.97 Å². The Hall–Kier alpha value is -4.98. The van der Waals surface area contributed by atoms with Crippen LogP contribution in [0.15, 0.2) is 97.1 Å². The number of hydrogen-bond donors (Lipinski definition) is 2. The molecule has 0 spiro atoms. The van der Waals surface area contributed by atoms with E-state index in [1.54, 1.807) is 65.6 Å². The Bertz CT molecular complexity index is 1550. The minimum absolute atomic E-state index is 0.0385. The Labute approximate surface area is 250 Å². The van der Waals surface area contributed by atoms with Gasteiger partial charge < -0.3 is 20.1 Å². The number of amides is 2. The molecule has 8 heteroatoms. The highest BCUT2D eigenvalue weighted by molar-refractivity contribution is 6.06. The molecule has 0 saturated carbocycles. The Morgan fingerprint density at radius 3 is 2.07 bits per heavy atom. The third kappa shape index (κ3) is 8.29. The van der Waals surface area contributed by atoms with Crippen LogP contribution in [0.2, 0.25) is 0 Å². The van der Waals surface area contributed by atoms with Gasteiger partial charge >= 0.3 is 5.97 Å². The van der Waals surface area contributed by atoms with Crippen LogP contribution in [0.5, 0.6) is 5.75 Å². The number of nitrogens with one attached hydrogen (secondary N) is 1. The summed E-state index contributed by atoms with van der Waals surface area (Å²) in [5.74, 6) is -1.26. The molecular formula is C35H35FN2O5. The summed E-state index contributed by atoms with van der Waals surface area (Å²) in [6, 6.07) is 27.2. The van der Waals surface area contributed by atoms with Gasteiger partial charge in [-0.2, -0.15) is 0 Å². The van der Waals surface area contributed by atoms with Crippen LogP contribution < -0.4 is 10.1 Å². The normalized spacial score (nSPS) is 11.4. The average Bonchev–Trinajstić information content (AvgIpc) is 3.02. The molecule has 2 N–H and O–H groups in total. The van der Waals surface area contributed by atoms with Gasteiger partial charge in [0.1, 0.15) is 11.6 Å².